The number of hydrogen-bond donors (Lipinski definition) is 0. The molecule has 422 valence electrons. The summed E-state index contributed by atoms with van der Waals surface area (Å²) in [5, 5.41) is -0.455. The molecule has 10 saturated carbocycles. The zero-order chi connectivity index (χ0) is 56.3. The predicted octanol–water partition coefficient (Wildman–Crippen LogP) is 8.77. The van der Waals surface area contributed by atoms with Gasteiger partial charge in [-0.25, -0.2) is 28.8 Å². The molecule has 0 amide bonds. The highest BCUT2D eigenvalue weighted by Crippen LogP contribution is 2.62. The van der Waals surface area contributed by atoms with Crippen LogP contribution >= 0.6 is 0 Å². The average Bonchev–Trinajstić information content (AvgIpc) is 3.99. The van der Waals surface area contributed by atoms with E-state index in [2.05, 4.69) is 44.9 Å². The molecule has 1 aromatic rings. The van der Waals surface area contributed by atoms with Crippen LogP contribution in [-0.4, -0.2) is 98.7 Å². The smallest absolute Gasteiger partial charge is 0.344 e. The van der Waals surface area contributed by atoms with Crippen molar-refractivity contribution < 1.29 is 79.3 Å². The quantitative estimate of drug-likeness (QED) is 0.0525. The van der Waals surface area contributed by atoms with Crippen molar-refractivity contribution in [3.63, 3.8) is 0 Å². The zero-order valence-corrected chi connectivity index (χ0v) is 46.6. The van der Waals surface area contributed by atoms with Crippen molar-refractivity contribution in [2.45, 2.75) is 154 Å². The summed E-state index contributed by atoms with van der Waals surface area (Å²) < 4.78 is 64.8. The number of rotatable bonds is 15. The molecule has 5 atom stereocenters. The minimum atomic E-state index is -3.53. The molecule has 0 N–H and O–H groups in total. The van der Waals surface area contributed by atoms with E-state index in [-0.39, 0.29) is 40.5 Å². The van der Waals surface area contributed by atoms with Gasteiger partial charge in [-0.3, -0.25) is 8.98 Å². The van der Waals surface area contributed by atoms with Gasteiger partial charge < -0.3 is 33.2 Å². The first kappa shape index (κ1) is 59.0. The molecule has 1 aliphatic heterocycles. The van der Waals surface area contributed by atoms with Gasteiger partial charge in [0.05, 0.1) is 5.25 Å². The fourth-order valence-electron chi connectivity index (χ4n) is 14.7. The summed E-state index contributed by atoms with van der Waals surface area (Å²) in [6, 6.07) is 7.15. The molecule has 1 heterocycles. The van der Waals surface area contributed by atoms with Crippen LogP contribution in [0.25, 0.3) is 6.08 Å². The molecule has 10 bridgehead atoms. The van der Waals surface area contributed by atoms with Gasteiger partial charge in [0.25, 0.3) is 10.1 Å². The summed E-state index contributed by atoms with van der Waals surface area (Å²) in [5.74, 6) is 2.45. The number of benzene rings is 1. The number of ether oxygens (including phenoxy) is 7. The van der Waals surface area contributed by atoms with Crippen molar-refractivity contribution >= 4 is 58.0 Å². The first-order chi connectivity index (χ1) is 36.2. The van der Waals surface area contributed by atoms with Gasteiger partial charge in [0, 0.05) is 35.5 Å². The molecular formula is C59H78O17S. The van der Waals surface area contributed by atoms with Crippen molar-refractivity contribution in [1.82, 2.24) is 0 Å². The van der Waals surface area contributed by atoms with Gasteiger partial charge >= 0.3 is 41.8 Å². The Kier molecular flexibility index (Phi) is 18.5. The third kappa shape index (κ3) is 13.5. The minimum absolute atomic E-state index is 0.00284. The Morgan fingerprint density at radius 3 is 1.55 bits per heavy atom. The van der Waals surface area contributed by atoms with Gasteiger partial charge in [0.15, 0.2) is 19.8 Å². The standard InChI is InChI=1S/C19H26O6.C17H26O2.C13H16O7S.C10H10O2/c1-11(2)18(22)24-9-16(20)23-10-17(21)25-19(3)14-5-12-4-13(7-14)8-15(19)6-12;1-10(2)16(18)19-17(11(3)4)14-6-12-5-13(8-14)9-15(17)7-12;1-6(2)13(15)18-5-10(14)19-11-7-3-8-9(4-7)21(16,17)20-12(8)11;1-3-9-4-6-10(7-5-9)12-8(2)11/h12-15H,1,4-10H2,2-3H3;11-15H,1,5-9H2,2-4H3;7-9,11-12H,1,3-5H2,2H3;3-7H,1H2,2H3. The second-order valence-electron chi connectivity index (χ2n) is 23.6. The Labute approximate surface area is 453 Å². The van der Waals surface area contributed by atoms with E-state index in [9.17, 15) is 42.0 Å². The summed E-state index contributed by atoms with van der Waals surface area (Å²) in [5.41, 5.74) is 1.28. The molecule has 17 nitrogen and oxygen atoms in total. The molecule has 0 aromatic heterocycles. The zero-order valence-electron chi connectivity index (χ0n) is 45.8. The highest BCUT2D eigenvalue weighted by molar-refractivity contribution is 7.87. The third-order valence-electron chi connectivity index (χ3n) is 17.8. The van der Waals surface area contributed by atoms with Gasteiger partial charge in [-0.1, -0.05) is 58.4 Å². The molecule has 1 saturated heterocycles. The van der Waals surface area contributed by atoms with Crippen molar-refractivity contribution in [1.29, 1.82) is 0 Å². The first-order valence-electron chi connectivity index (χ1n) is 27.2. The van der Waals surface area contributed by atoms with E-state index < -0.39 is 82.8 Å². The van der Waals surface area contributed by atoms with Crippen molar-refractivity contribution in [2.75, 3.05) is 19.8 Å². The van der Waals surface area contributed by atoms with Crippen LogP contribution in [0.2, 0.25) is 0 Å². The van der Waals surface area contributed by atoms with Crippen molar-refractivity contribution in [3.05, 3.63) is 72.9 Å². The molecule has 1 aromatic carbocycles. The number of carbonyl (C=O) groups is 7. The van der Waals surface area contributed by atoms with Gasteiger partial charge in [0.2, 0.25) is 0 Å². The van der Waals surface area contributed by atoms with Crippen LogP contribution in [0.4, 0.5) is 0 Å². The fraction of sp³-hybridized carbons (Fsp3) is 0.644. The number of carbonyl (C=O) groups excluding carboxylic acids is 7. The van der Waals surface area contributed by atoms with Crippen molar-refractivity contribution in [2.24, 2.45) is 65.1 Å². The van der Waals surface area contributed by atoms with Crippen LogP contribution in [0.5, 0.6) is 5.75 Å². The van der Waals surface area contributed by atoms with E-state index in [0.717, 1.165) is 54.9 Å². The average molecular weight is 1090 g/mol. The van der Waals surface area contributed by atoms with Gasteiger partial charge in [-0.15, -0.1) is 0 Å². The molecule has 0 radical (unpaired) electrons. The topological polar surface area (TPSA) is 227 Å². The van der Waals surface area contributed by atoms with Gasteiger partial charge in [-0.2, -0.15) is 8.42 Å². The molecule has 11 aliphatic rings. The lowest BCUT2D eigenvalue weighted by Crippen LogP contribution is -2.62. The van der Waals surface area contributed by atoms with E-state index in [1.165, 1.54) is 59.3 Å². The summed E-state index contributed by atoms with van der Waals surface area (Å²) >= 11 is 0. The van der Waals surface area contributed by atoms with E-state index >= 15 is 0 Å². The van der Waals surface area contributed by atoms with Crippen LogP contribution < -0.4 is 4.74 Å². The van der Waals surface area contributed by atoms with Crippen LogP contribution in [0, 0.1) is 65.1 Å². The van der Waals surface area contributed by atoms with Crippen LogP contribution in [0.1, 0.15) is 131 Å². The first-order valence-corrected chi connectivity index (χ1v) is 28.6. The monoisotopic (exact) mass is 1090 g/mol. The predicted molar refractivity (Wildman–Crippen MR) is 281 cm³/mol. The second-order valence-corrected chi connectivity index (χ2v) is 25.4. The summed E-state index contributed by atoms with van der Waals surface area (Å²) in [6.07, 6.45) is 14.1. The minimum Gasteiger partial charge on any atom is -0.457 e. The van der Waals surface area contributed by atoms with Crippen LogP contribution in [0.3, 0.4) is 0 Å². The fourth-order valence-corrected chi connectivity index (χ4v) is 16.6. The largest absolute Gasteiger partial charge is 0.457 e. The summed E-state index contributed by atoms with van der Waals surface area (Å²) in [4.78, 5) is 80.5. The van der Waals surface area contributed by atoms with Crippen LogP contribution in [-0.2, 0) is 76.3 Å². The van der Waals surface area contributed by atoms with Crippen molar-refractivity contribution in [3.8, 4) is 5.75 Å². The second kappa shape index (κ2) is 24.2. The normalized spacial score (nSPS) is 34.0. The van der Waals surface area contributed by atoms with E-state index in [4.69, 9.17) is 32.6 Å². The Bertz CT molecular complexity index is 2540. The van der Waals surface area contributed by atoms with Crippen LogP contribution in [0.15, 0.2) is 67.3 Å². The summed E-state index contributed by atoms with van der Waals surface area (Å²) in [7, 11) is -3.53. The number of esters is 7. The summed E-state index contributed by atoms with van der Waals surface area (Å²) in [6.45, 7) is 25.3. The molecule has 77 heavy (non-hydrogen) atoms. The Morgan fingerprint density at radius 1 is 0.623 bits per heavy atom. The van der Waals surface area contributed by atoms with E-state index in [0.29, 0.717) is 53.8 Å². The lowest BCUT2D eigenvalue weighted by molar-refractivity contribution is -0.221. The maximum absolute atomic E-state index is 12.2. The number of fused-ring (bicyclic) bond motifs is 1. The molecule has 10 aliphatic carbocycles. The molecule has 18 heteroatoms. The Morgan fingerprint density at radius 2 is 1.09 bits per heavy atom. The SMILES string of the molecule is C=C(C)C(=O)OC1(C(C)C)C2CC3CC(C2)CC1C3.C=C(C)C(=O)OCC(=O)OC1C2CC3C1OS(=O)(=O)C3C2.C=C(C)C(=O)OCC(=O)OCC(=O)OC1(C)C2CC3CC(C2)CC1C3.C=Cc1ccc(OC(C)=O)cc1. The van der Waals surface area contributed by atoms with E-state index in [1.54, 1.807) is 25.1 Å². The van der Waals surface area contributed by atoms with Gasteiger partial charge in [0.1, 0.15) is 29.2 Å². The Hall–Kier alpha value is -5.62. The molecule has 12 rings (SSSR count). The maximum atomic E-state index is 12.2. The Balaban J connectivity index is 0.000000153. The van der Waals surface area contributed by atoms with E-state index in [1.807, 2.05) is 19.1 Å². The van der Waals surface area contributed by atoms with Gasteiger partial charge in [-0.05, 0) is 176 Å². The highest BCUT2D eigenvalue weighted by atomic mass is 32.2. The molecular weight excluding hydrogens is 1010 g/mol. The highest BCUT2D eigenvalue weighted by Gasteiger charge is 2.66. The lowest BCUT2D eigenvalue weighted by Gasteiger charge is -2.61. The molecule has 11 fully saturated rings. The number of hydrogen-bond acceptors (Lipinski definition) is 17. The molecule has 0 spiro atoms. The lowest BCUT2D eigenvalue weighted by atomic mass is 9.47. The maximum Gasteiger partial charge on any atom is 0.344 e. The third-order valence-corrected chi connectivity index (χ3v) is 19.6. The molecule has 5 unspecified atom stereocenters.